The van der Waals surface area contributed by atoms with Gasteiger partial charge in [0.1, 0.15) is 5.69 Å². The van der Waals surface area contributed by atoms with Crippen molar-refractivity contribution < 1.29 is 4.79 Å². The first-order chi connectivity index (χ1) is 12.1. The summed E-state index contributed by atoms with van der Waals surface area (Å²) < 4.78 is 0. The van der Waals surface area contributed by atoms with Crippen molar-refractivity contribution in [1.29, 1.82) is 0 Å². The Labute approximate surface area is 144 Å². The molecule has 0 spiro atoms. The molecule has 7 nitrogen and oxygen atoms in total. The van der Waals surface area contributed by atoms with Crippen LogP contribution in [0.1, 0.15) is 36.1 Å². The van der Waals surface area contributed by atoms with E-state index in [-0.39, 0.29) is 30.5 Å². The lowest BCUT2D eigenvalue weighted by Gasteiger charge is -2.29. The lowest BCUT2D eigenvalue weighted by atomic mass is 10.1. The minimum absolute atomic E-state index is 0.0627. The van der Waals surface area contributed by atoms with Gasteiger partial charge in [-0.25, -0.2) is 9.89 Å². The van der Waals surface area contributed by atoms with E-state index in [1.54, 1.807) is 0 Å². The summed E-state index contributed by atoms with van der Waals surface area (Å²) in [5, 5.41) is 5.96. The second kappa shape index (κ2) is 6.31. The number of nitrogens with one attached hydrogen (secondary N) is 2. The van der Waals surface area contributed by atoms with Crippen LogP contribution in [0, 0.1) is 0 Å². The van der Waals surface area contributed by atoms with Gasteiger partial charge in [0, 0.05) is 24.9 Å². The minimum Gasteiger partial charge on any atom is -0.336 e. The third kappa shape index (κ3) is 3.26. The number of nitrogens with zero attached hydrogens (tertiary/aromatic N) is 2. The standard InChI is InChI=1S/C18H20N4O3/c23-16(8-7-15-17(24)19-18(25)21-20-15)22(13-5-6-13)14-9-11-3-1-2-4-12(11)10-14/h1-4,13-14H,5-10H2,(H2,19,21,24,25). The van der Waals surface area contributed by atoms with Gasteiger partial charge in [-0.15, -0.1) is 0 Å². The predicted octanol–water partition coefficient (Wildman–Crippen LogP) is 0.549. The Bertz CT molecular complexity index is 888. The number of benzene rings is 1. The normalized spacial score (nSPS) is 16.6. The number of fused-ring (bicyclic) bond motifs is 1. The SMILES string of the molecule is O=C(CCc1n[nH]c(=O)[nH]c1=O)N(C1CC1)C1Cc2ccccc2C1. The molecule has 0 aliphatic heterocycles. The molecule has 130 valence electrons. The summed E-state index contributed by atoms with van der Waals surface area (Å²) in [6, 6.07) is 8.88. The monoisotopic (exact) mass is 340 g/mol. The fraction of sp³-hybridized carbons (Fsp3) is 0.444. The van der Waals surface area contributed by atoms with Crippen LogP contribution in [-0.2, 0) is 24.1 Å². The fourth-order valence-electron chi connectivity index (χ4n) is 3.69. The molecule has 1 amide bonds. The number of H-pyrrole nitrogens is 2. The number of hydrogen-bond acceptors (Lipinski definition) is 4. The van der Waals surface area contributed by atoms with Crippen molar-refractivity contribution in [3.8, 4) is 0 Å². The van der Waals surface area contributed by atoms with Gasteiger partial charge >= 0.3 is 5.69 Å². The molecule has 2 N–H and O–H groups in total. The van der Waals surface area contributed by atoms with Crippen molar-refractivity contribution in [1.82, 2.24) is 20.1 Å². The van der Waals surface area contributed by atoms with E-state index in [4.69, 9.17) is 0 Å². The van der Waals surface area contributed by atoms with Crippen LogP contribution in [0.25, 0.3) is 0 Å². The Hall–Kier alpha value is -2.70. The number of carbonyl (C=O) groups excluding carboxylic acids is 1. The molecule has 1 fully saturated rings. The topological polar surface area (TPSA) is 98.9 Å². The average molecular weight is 340 g/mol. The Balaban J connectivity index is 1.46. The van der Waals surface area contributed by atoms with Gasteiger partial charge in [0.2, 0.25) is 5.91 Å². The van der Waals surface area contributed by atoms with Gasteiger partial charge in [-0.05, 0) is 36.8 Å². The summed E-state index contributed by atoms with van der Waals surface area (Å²) >= 11 is 0. The summed E-state index contributed by atoms with van der Waals surface area (Å²) in [5.41, 5.74) is 1.68. The van der Waals surface area contributed by atoms with E-state index >= 15 is 0 Å². The van der Waals surface area contributed by atoms with E-state index in [0.717, 1.165) is 25.7 Å². The second-order valence-electron chi connectivity index (χ2n) is 6.82. The lowest BCUT2D eigenvalue weighted by molar-refractivity contribution is -0.134. The zero-order valence-electron chi connectivity index (χ0n) is 13.8. The van der Waals surface area contributed by atoms with Gasteiger partial charge in [0.15, 0.2) is 0 Å². The van der Waals surface area contributed by atoms with Crippen LogP contribution in [-0.4, -0.2) is 38.1 Å². The van der Waals surface area contributed by atoms with Crippen LogP contribution in [0.2, 0.25) is 0 Å². The third-order valence-electron chi connectivity index (χ3n) is 5.01. The van der Waals surface area contributed by atoms with Crippen LogP contribution in [0.3, 0.4) is 0 Å². The molecule has 4 rings (SSSR count). The molecule has 7 heteroatoms. The molecule has 1 saturated carbocycles. The zero-order valence-corrected chi connectivity index (χ0v) is 13.8. The third-order valence-corrected chi connectivity index (χ3v) is 5.01. The highest BCUT2D eigenvalue weighted by Crippen LogP contribution is 2.34. The van der Waals surface area contributed by atoms with Gasteiger partial charge in [-0.1, -0.05) is 24.3 Å². The van der Waals surface area contributed by atoms with Crippen LogP contribution in [0.15, 0.2) is 33.9 Å². The first-order valence-electron chi connectivity index (χ1n) is 8.67. The molecule has 1 aromatic heterocycles. The molecular weight excluding hydrogens is 320 g/mol. The van der Waals surface area contributed by atoms with Gasteiger partial charge in [0.25, 0.3) is 5.56 Å². The molecule has 2 aliphatic rings. The summed E-state index contributed by atoms with van der Waals surface area (Å²) in [5.74, 6) is 0.0627. The zero-order chi connectivity index (χ0) is 17.4. The summed E-state index contributed by atoms with van der Waals surface area (Å²) in [6.45, 7) is 0. The molecule has 0 saturated heterocycles. The van der Waals surface area contributed by atoms with Gasteiger partial charge in [-0.3, -0.25) is 14.6 Å². The summed E-state index contributed by atoms with van der Waals surface area (Å²) in [4.78, 5) is 39.7. The lowest BCUT2D eigenvalue weighted by Crippen LogP contribution is -2.43. The fourth-order valence-corrected chi connectivity index (χ4v) is 3.69. The number of aromatic amines is 2. The largest absolute Gasteiger partial charge is 0.342 e. The average Bonchev–Trinajstić information content (AvgIpc) is 3.32. The number of rotatable bonds is 5. The highest BCUT2D eigenvalue weighted by Gasteiger charge is 2.39. The first kappa shape index (κ1) is 15.8. The van der Waals surface area contributed by atoms with Crippen molar-refractivity contribution in [3.63, 3.8) is 0 Å². The molecule has 2 aromatic rings. The van der Waals surface area contributed by atoms with Gasteiger partial charge in [0.05, 0.1) is 0 Å². The minimum atomic E-state index is -0.636. The molecule has 0 atom stereocenters. The molecule has 1 aromatic carbocycles. The van der Waals surface area contributed by atoms with E-state index in [1.807, 2.05) is 17.0 Å². The second-order valence-corrected chi connectivity index (χ2v) is 6.82. The van der Waals surface area contributed by atoms with E-state index in [2.05, 4.69) is 27.3 Å². The van der Waals surface area contributed by atoms with Gasteiger partial charge < -0.3 is 4.90 Å². The number of hydrogen-bond donors (Lipinski definition) is 2. The maximum atomic E-state index is 12.8. The van der Waals surface area contributed by atoms with Crippen LogP contribution < -0.4 is 11.2 Å². The number of amides is 1. The highest BCUT2D eigenvalue weighted by atomic mass is 16.2. The van der Waals surface area contributed by atoms with Crippen molar-refractivity contribution in [3.05, 3.63) is 61.9 Å². The molecule has 1 heterocycles. The highest BCUT2D eigenvalue weighted by molar-refractivity contribution is 5.77. The molecular formula is C18H20N4O3. The number of aromatic nitrogens is 3. The maximum Gasteiger partial charge on any atom is 0.342 e. The van der Waals surface area contributed by atoms with Crippen molar-refractivity contribution in [2.24, 2.45) is 0 Å². The molecule has 0 radical (unpaired) electrons. The Morgan fingerprint density at radius 1 is 1.12 bits per heavy atom. The van der Waals surface area contributed by atoms with E-state index < -0.39 is 11.2 Å². The molecule has 2 aliphatic carbocycles. The molecule has 0 unspecified atom stereocenters. The van der Waals surface area contributed by atoms with Crippen LogP contribution in [0.4, 0.5) is 0 Å². The van der Waals surface area contributed by atoms with E-state index in [9.17, 15) is 14.4 Å². The Morgan fingerprint density at radius 2 is 1.80 bits per heavy atom. The van der Waals surface area contributed by atoms with Crippen molar-refractivity contribution in [2.45, 2.75) is 50.6 Å². The predicted molar refractivity (Wildman–Crippen MR) is 91.3 cm³/mol. The van der Waals surface area contributed by atoms with Crippen LogP contribution in [0.5, 0.6) is 0 Å². The van der Waals surface area contributed by atoms with E-state index in [1.165, 1.54) is 11.1 Å². The molecule has 0 bridgehead atoms. The van der Waals surface area contributed by atoms with Gasteiger partial charge in [-0.2, -0.15) is 5.10 Å². The van der Waals surface area contributed by atoms with Crippen molar-refractivity contribution in [2.75, 3.05) is 0 Å². The number of carbonyl (C=O) groups is 1. The Kier molecular flexibility index (Phi) is 3.99. The number of aryl methyl sites for hydroxylation is 1. The first-order valence-corrected chi connectivity index (χ1v) is 8.67. The van der Waals surface area contributed by atoms with E-state index in [0.29, 0.717) is 6.04 Å². The summed E-state index contributed by atoms with van der Waals surface area (Å²) in [7, 11) is 0. The smallest absolute Gasteiger partial charge is 0.336 e. The summed E-state index contributed by atoms with van der Waals surface area (Å²) in [6.07, 6.45) is 4.36. The Morgan fingerprint density at radius 3 is 2.40 bits per heavy atom. The van der Waals surface area contributed by atoms with Crippen LogP contribution >= 0.6 is 0 Å². The quantitative estimate of drug-likeness (QED) is 0.830. The molecule has 25 heavy (non-hydrogen) atoms. The maximum absolute atomic E-state index is 12.8. The van der Waals surface area contributed by atoms with Crippen molar-refractivity contribution >= 4 is 5.91 Å².